The van der Waals surface area contributed by atoms with Gasteiger partial charge in [-0.15, -0.1) is 5.10 Å². The highest BCUT2D eigenvalue weighted by molar-refractivity contribution is 7.99. The van der Waals surface area contributed by atoms with Crippen LogP contribution in [0.25, 0.3) is 5.69 Å². The van der Waals surface area contributed by atoms with Crippen molar-refractivity contribution >= 4 is 27.5 Å². The molecule has 4 rings (SSSR count). The third kappa shape index (κ3) is 5.31. The maximum atomic E-state index is 13.2. The number of nitrogens with zero attached hydrogens (tertiary/aromatic N) is 5. The Morgan fingerprint density at radius 2 is 1.90 bits per heavy atom. The van der Waals surface area contributed by atoms with Crippen LogP contribution in [-0.4, -0.2) is 62.7 Å². The van der Waals surface area contributed by atoms with E-state index in [2.05, 4.69) is 15.5 Å². The minimum absolute atomic E-state index is 0.0113. The monoisotopic (exact) mass is 457 g/mol. The molecular weight excluding hydrogens is 434 g/mol. The van der Waals surface area contributed by atoms with Gasteiger partial charge in [-0.25, -0.2) is 8.42 Å². The molecule has 2 aromatic carbocycles. The van der Waals surface area contributed by atoms with Crippen LogP contribution in [0.1, 0.15) is 17.5 Å². The topological polar surface area (TPSA) is 98.1 Å². The summed E-state index contributed by atoms with van der Waals surface area (Å²) < 4.78 is 25.6. The van der Waals surface area contributed by atoms with Crippen LogP contribution >= 0.6 is 11.8 Å². The van der Waals surface area contributed by atoms with Gasteiger partial charge in [0.15, 0.2) is 9.84 Å². The number of carbonyl (C=O) groups is 1. The summed E-state index contributed by atoms with van der Waals surface area (Å²) in [7, 11) is -3.11. The maximum Gasteiger partial charge on any atom is 0.233 e. The summed E-state index contributed by atoms with van der Waals surface area (Å²) in [6, 6.07) is 17.1. The van der Waals surface area contributed by atoms with Gasteiger partial charge in [-0.2, -0.15) is 4.68 Å². The molecule has 1 saturated heterocycles. The lowest BCUT2D eigenvalue weighted by Crippen LogP contribution is -2.41. The van der Waals surface area contributed by atoms with E-state index >= 15 is 0 Å². The fourth-order valence-electron chi connectivity index (χ4n) is 3.55. The van der Waals surface area contributed by atoms with Gasteiger partial charge in [-0.3, -0.25) is 4.79 Å². The van der Waals surface area contributed by atoms with E-state index in [0.717, 1.165) is 16.8 Å². The number of amides is 1. The van der Waals surface area contributed by atoms with Crippen LogP contribution in [0, 0.1) is 6.92 Å². The SMILES string of the molecule is Cc1ccc(-n2nnnc2SCC(=O)N(Cc2ccccc2)C2CCS(=O)(=O)C2)cc1. The minimum Gasteiger partial charge on any atom is -0.334 e. The molecule has 1 aliphatic heterocycles. The highest BCUT2D eigenvalue weighted by Crippen LogP contribution is 2.24. The summed E-state index contributed by atoms with van der Waals surface area (Å²) in [5, 5.41) is 12.3. The zero-order valence-corrected chi connectivity index (χ0v) is 18.7. The minimum atomic E-state index is -3.11. The quantitative estimate of drug-likeness (QED) is 0.502. The van der Waals surface area contributed by atoms with E-state index in [0.29, 0.717) is 18.1 Å². The van der Waals surface area contributed by atoms with Crippen molar-refractivity contribution in [3.05, 3.63) is 65.7 Å². The lowest BCUT2D eigenvalue weighted by molar-refractivity contribution is -0.130. The van der Waals surface area contributed by atoms with Crippen molar-refractivity contribution in [3.8, 4) is 5.69 Å². The van der Waals surface area contributed by atoms with Crippen molar-refractivity contribution in [1.29, 1.82) is 0 Å². The summed E-state index contributed by atoms with van der Waals surface area (Å²) in [6.45, 7) is 2.38. The number of thioether (sulfide) groups is 1. The first-order valence-electron chi connectivity index (χ1n) is 9.93. The first-order chi connectivity index (χ1) is 14.9. The maximum absolute atomic E-state index is 13.2. The molecular formula is C21H23N5O3S2. The predicted molar refractivity (Wildman–Crippen MR) is 119 cm³/mol. The summed E-state index contributed by atoms with van der Waals surface area (Å²) >= 11 is 1.24. The van der Waals surface area contributed by atoms with E-state index in [4.69, 9.17) is 0 Å². The molecule has 0 N–H and O–H groups in total. The Labute approximate surface area is 185 Å². The van der Waals surface area contributed by atoms with Crippen molar-refractivity contribution < 1.29 is 13.2 Å². The van der Waals surface area contributed by atoms with E-state index in [1.54, 1.807) is 9.58 Å². The van der Waals surface area contributed by atoms with E-state index in [-0.39, 0.29) is 29.2 Å². The van der Waals surface area contributed by atoms with E-state index in [1.807, 2.05) is 61.5 Å². The Bertz CT molecular complexity index is 1150. The highest BCUT2D eigenvalue weighted by atomic mass is 32.2. The molecule has 10 heteroatoms. The number of benzene rings is 2. The zero-order valence-electron chi connectivity index (χ0n) is 17.1. The zero-order chi connectivity index (χ0) is 21.8. The summed E-state index contributed by atoms with van der Waals surface area (Å²) in [6.07, 6.45) is 0.465. The first-order valence-corrected chi connectivity index (χ1v) is 12.7. The van der Waals surface area contributed by atoms with Gasteiger partial charge in [0.25, 0.3) is 0 Å². The first kappa shape index (κ1) is 21.5. The number of aromatic nitrogens is 4. The second-order valence-electron chi connectivity index (χ2n) is 7.56. The molecule has 1 aliphatic rings. The number of sulfone groups is 1. The molecule has 3 aromatic rings. The van der Waals surface area contributed by atoms with E-state index in [1.165, 1.54) is 11.8 Å². The molecule has 0 saturated carbocycles. The molecule has 1 fully saturated rings. The van der Waals surface area contributed by atoms with E-state index < -0.39 is 9.84 Å². The van der Waals surface area contributed by atoms with E-state index in [9.17, 15) is 13.2 Å². The van der Waals surface area contributed by atoms with Crippen LogP contribution in [-0.2, 0) is 21.2 Å². The standard InChI is InChI=1S/C21H23N5O3S2/c1-16-7-9-18(10-8-16)26-21(22-23-24-26)30-14-20(27)25(13-17-5-3-2-4-6-17)19-11-12-31(28,29)15-19/h2-10,19H,11-15H2,1H3. The molecule has 0 aliphatic carbocycles. The normalized spacial score (nSPS) is 17.5. The average Bonchev–Trinajstić information content (AvgIpc) is 3.37. The Balaban J connectivity index is 1.49. The third-order valence-electron chi connectivity index (χ3n) is 5.21. The Kier molecular flexibility index (Phi) is 6.38. The van der Waals surface area contributed by atoms with Crippen molar-refractivity contribution in [2.45, 2.75) is 31.1 Å². The Hall–Kier alpha value is -2.72. The number of aryl methyl sites for hydroxylation is 1. The van der Waals surface area contributed by atoms with Crippen molar-refractivity contribution in [3.63, 3.8) is 0 Å². The summed E-state index contributed by atoms with van der Waals surface area (Å²) in [5.41, 5.74) is 2.91. The van der Waals surface area contributed by atoms with Crippen molar-refractivity contribution in [1.82, 2.24) is 25.1 Å². The fraction of sp³-hybridized carbons (Fsp3) is 0.333. The van der Waals surface area contributed by atoms with Gasteiger partial charge in [0, 0.05) is 12.6 Å². The van der Waals surface area contributed by atoms with Gasteiger partial charge in [-0.1, -0.05) is 59.8 Å². The number of tetrazole rings is 1. The summed E-state index contributed by atoms with van der Waals surface area (Å²) in [4.78, 5) is 14.9. The third-order valence-corrected chi connectivity index (χ3v) is 7.86. The molecule has 1 amide bonds. The fourth-order valence-corrected chi connectivity index (χ4v) is 6.06. The molecule has 8 nitrogen and oxygen atoms in total. The van der Waals surface area contributed by atoms with Crippen molar-refractivity contribution in [2.75, 3.05) is 17.3 Å². The molecule has 0 bridgehead atoms. The van der Waals surface area contributed by atoms with Crippen molar-refractivity contribution in [2.24, 2.45) is 0 Å². The van der Waals surface area contributed by atoms with Crippen LogP contribution in [0.4, 0.5) is 0 Å². The number of hydrogen-bond acceptors (Lipinski definition) is 7. The molecule has 1 aromatic heterocycles. The van der Waals surface area contributed by atoms with Crippen LogP contribution < -0.4 is 0 Å². The van der Waals surface area contributed by atoms with Crippen LogP contribution in [0.5, 0.6) is 0 Å². The van der Waals surface area contributed by atoms with Gasteiger partial charge < -0.3 is 4.90 Å². The second kappa shape index (κ2) is 9.19. The van der Waals surface area contributed by atoms with Crippen LogP contribution in [0.15, 0.2) is 59.8 Å². The lowest BCUT2D eigenvalue weighted by atomic mass is 10.1. The summed E-state index contributed by atoms with van der Waals surface area (Å²) in [5.74, 6) is 0.122. The molecule has 1 atom stereocenters. The van der Waals surface area contributed by atoms with Gasteiger partial charge in [-0.05, 0) is 41.5 Å². The Morgan fingerprint density at radius 3 is 2.58 bits per heavy atom. The molecule has 1 unspecified atom stereocenters. The van der Waals surface area contributed by atoms with Crippen LogP contribution in [0.3, 0.4) is 0 Å². The Morgan fingerprint density at radius 1 is 1.16 bits per heavy atom. The number of carbonyl (C=O) groups excluding carboxylic acids is 1. The van der Waals surface area contributed by atoms with Gasteiger partial charge in [0.05, 0.1) is 22.9 Å². The van der Waals surface area contributed by atoms with Gasteiger partial charge in [0.2, 0.25) is 11.1 Å². The lowest BCUT2D eigenvalue weighted by Gasteiger charge is -2.28. The molecule has 0 spiro atoms. The smallest absolute Gasteiger partial charge is 0.233 e. The average molecular weight is 458 g/mol. The number of hydrogen-bond donors (Lipinski definition) is 0. The van der Waals surface area contributed by atoms with Gasteiger partial charge >= 0.3 is 0 Å². The second-order valence-corrected chi connectivity index (χ2v) is 10.7. The highest BCUT2D eigenvalue weighted by Gasteiger charge is 2.34. The predicted octanol–water partition coefficient (Wildman–Crippen LogP) is 2.28. The van der Waals surface area contributed by atoms with Crippen LogP contribution in [0.2, 0.25) is 0 Å². The number of rotatable bonds is 7. The largest absolute Gasteiger partial charge is 0.334 e. The molecule has 0 radical (unpaired) electrons. The molecule has 162 valence electrons. The molecule has 2 heterocycles. The molecule has 31 heavy (non-hydrogen) atoms. The van der Waals surface area contributed by atoms with Gasteiger partial charge in [0.1, 0.15) is 0 Å².